The summed E-state index contributed by atoms with van der Waals surface area (Å²) in [6.45, 7) is 0. The van der Waals surface area contributed by atoms with E-state index in [9.17, 15) is 0 Å². The van der Waals surface area contributed by atoms with E-state index < -0.39 is 20.5 Å². The molecule has 0 atom stereocenters. The molecule has 0 amide bonds. The van der Waals surface area contributed by atoms with Crippen molar-refractivity contribution in [2.75, 3.05) is 0 Å². The number of rotatable bonds is 0. The first-order valence-corrected chi connectivity index (χ1v) is 3.79. The van der Waals surface area contributed by atoms with Crippen LogP contribution in [0.15, 0.2) is 0 Å². The second kappa shape index (κ2) is 8.68. The molecule has 3 radical (unpaired) electrons. The van der Waals surface area contributed by atoms with Gasteiger partial charge in [0.15, 0.2) is 0 Å². The van der Waals surface area contributed by atoms with Gasteiger partial charge in [0.25, 0.3) is 0 Å². The monoisotopic (exact) mass is 237 g/mol. The van der Waals surface area contributed by atoms with Crippen LogP contribution in [0.4, 0.5) is 0 Å². The Bertz CT molecular complexity index is 68.3. The predicted octanol–water partition coefficient (Wildman–Crippen LogP) is -8.78. The molecule has 0 aliphatic heterocycles. The molecule has 0 rings (SSSR count). The van der Waals surface area contributed by atoms with Crippen molar-refractivity contribution in [1.29, 1.82) is 0 Å². The van der Waals surface area contributed by atoms with Gasteiger partial charge in [-0.3, -0.25) is 0 Å². The molecule has 71 valence electrons. The predicted molar refractivity (Wildman–Crippen MR) is 18.2 cm³/mol. The molecule has 2 N–H and O–H groups in total. The molecule has 0 aliphatic rings. The van der Waals surface area contributed by atoms with E-state index in [0.29, 0.717) is 0 Å². The van der Waals surface area contributed by atoms with Gasteiger partial charge in [0.1, 0.15) is 0 Å². The zero-order chi connectivity index (χ0) is 9.00. The zero-order valence-electron chi connectivity index (χ0n) is 7.38. The van der Waals surface area contributed by atoms with Crippen LogP contribution in [-0.2, 0) is 0 Å². The van der Waals surface area contributed by atoms with Gasteiger partial charge in [-0.2, -0.15) is 28.0 Å². The van der Waals surface area contributed by atoms with Gasteiger partial charge in [0.05, 0.1) is 29.8 Å². The molecule has 12 heavy (non-hydrogen) atoms. The minimum atomic E-state index is -4.69. The molecule has 0 unspecified atom stereocenters. The van der Waals surface area contributed by atoms with Crippen LogP contribution in [0.25, 0.3) is 0 Å². The molecule has 8 nitrogen and oxygen atoms in total. The summed E-state index contributed by atoms with van der Waals surface area (Å²) < 4.78 is 65.4. The van der Waals surface area contributed by atoms with E-state index in [-0.39, 0.29) is 34.3 Å². The molecule has 0 fully saturated rings. The van der Waals surface area contributed by atoms with Gasteiger partial charge < -0.3 is 2.85 Å². The molecule has 0 aliphatic carbocycles. The fraction of sp³-hybridized carbons (Fsp3) is 0. The standard InChI is InChI=1S/B.2ClHO4.Mg.2H/c;2*2-1(3,4)5;;;/h;2*(H,2,3,4,5);;;/q;;;+2;2*-1. The Balaban J connectivity index is -0.0000000178. The first-order valence-electron chi connectivity index (χ1n) is 1.26. The van der Waals surface area contributed by atoms with Gasteiger partial charge in [-0.05, 0) is 0 Å². The minimum Gasteiger partial charge on any atom is -1.00 e. The van der Waals surface area contributed by atoms with Crippen molar-refractivity contribution < 1.29 is 60.6 Å². The Morgan fingerprint density at radius 1 is 0.750 bits per heavy atom. The van der Waals surface area contributed by atoms with E-state index in [2.05, 4.69) is 0 Å². The van der Waals surface area contributed by atoms with Crippen LogP contribution >= 0.6 is 0 Å². The Morgan fingerprint density at radius 3 is 0.750 bits per heavy atom. The molecule has 0 bridgehead atoms. The summed E-state index contributed by atoms with van der Waals surface area (Å²) in [6.07, 6.45) is 0. The maximum atomic E-state index is 8.60. The number of halogens is 2. The third kappa shape index (κ3) is 949. The maximum Gasteiger partial charge on any atom is 2.00 e. The van der Waals surface area contributed by atoms with Crippen molar-refractivity contribution >= 4 is 31.5 Å². The molecule has 0 spiro atoms. The first kappa shape index (κ1) is 23.2. The fourth-order valence-electron chi connectivity index (χ4n) is 0. The van der Waals surface area contributed by atoms with E-state index in [1.54, 1.807) is 0 Å². The van der Waals surface area contributed by atoms with Crippen molar-refractivity contribution in [1.82, 2.24) is 0 Å². The quantitative estimate of drug-likeness (QED) is 0.390. The van der Waals surface area contributed by atoms with Gasteiger partial charge >= 0.3 is 23.1 Å². The summed E-state index contributed by atoms with van der Waals surface area (Å²) in [7, 11) is -9.39. The molecule has 0 heterocycles. The summed E-state index contributed by atoms with van der Waals surface area (Å²) in [4.78, 5) is 0. The smallest absolute Gasteiger partial charge is 1.00 e. The molecular formula is H4BCl2MgO8. The van der Waals surface area contributed by atoms with Gasteiger partial charge in [-0.25, -0.2) is 0 Å². The molecular weight excluding hydrogens is 234 g/mol. The summed E-state index contributed by atoms with van der Waals surface area (Å²) in [6, 6.07) is 0. The number of hydrogen-bond acceptors (Lipinski definition) is 8. The van der Waals surface area contributed by atoms with Gasteiger partial charge in [-0.1, -0.05) is 0 Å². The van der Waals surface area contributed by atoms with Crippen LogP contribution in [0.5, 0.6) is 0 Å². The second-order valence-electron chi connectivity index (χ2n) is 0.792. The van der Waals surface area contributed by atoms with Crippen LogP contribution in [0.3, 0.4) is 0 Å². The summed E-state index contributed by atoms with van der Waals surface area (Å²) >= 11 is 0. The molecule has 0 aromatic carbocycles. The Labute approximate surface area is 92.2 Å². The first-order chi connectivity index (χ1) is 4.00. The van der Waals surface area contributed by atoms with Crippen molar-refractivity contribution in [3.05, 3.63) is 0 Å². The fourth-order valence-corrected chi connectivity index (χ4v) is 0. The molecule has 0 aromatic heterocycles. The Hall–Kier alpha value is 1.09. The third-order valence-corrected chi connectivity index (χ3v) is 0. The van der Waals surface area contributed by atoms with Crippen molar-refractivity contribution in [3.8, 4) is 0 Å². The van der Waals surface area contributed by atoms with E-state index in [4.69, 9.17) is 37.3 Å². The zero-order valence-corrected chi connectivity index (χ0v) is 8.31. The number of hydrogen-bond donors (Lipinski definition) is 2. The third-order valence-electron chi connectivity index (χ3n) is 0. The van der Waals surface area contributed by atoms with E-state index in [1.807, 2.05) is 0 Å². The van der Waals surface area contributed by atoms with Crippen LogP contribution in [-0.4, -0.2) is 40.8 Å². The van der Waals surface area contributed by atoms with Crippen molar-refractivity contribution in [3.63, 3.8) is 0 Å². The summed E-state index contributed by atoms with van der Waals surface area (Å²) in [5.74, 6) is 0. The normalized spacial score (nSPS) is 10.0. The van der Waals surface area contributed by atoms with Gasteiger partial charge in [-0.15, -0.1) is 0 Å². The van der Waals surface area contributed by atoms with E-state index >= 15 is 0 Å². The van der Waals surface area contributed by atoms with Crippen LogP contribution in [0, 0.1) is 20.5 Å². The van der Waals surface area contributed by atoms with Crippen LogP contribution < -0.4 is 28.0 Å². The summed E-state index contributed by atoms with van der Waals surface area (Å²) in [5.41, 5.74) is 0. The van der Waals surface area contributed by atoms with Crippen LogP contribution in [0.1, 0.15) is 2.85 Å². The SMILES string of the molecule is [B].[H-].[H-].[Mg+2].[O-][Cl+3]([O-])([O-])O.[O-][Cl+3]([O-])([O-])O. The van der Waals surface area contributed by atoms with Crippen molar-refractivity contribution in [2.45, 2.75) is 0 Å². The van der Waals surface area contributed by atoms with Crippen LogP contribution in [0.2, 0.25) is 0 Å². The molecule has 0 saturated carbocycles. The Kier molecular flexibility index (Phi) is 16.7. The second-order valence-corrected chi connectivity index (χ2v) is 2.38. The average Bonchev–Trinajstić information content (AvgIpc) is 1.12. The topological polar surface area (TPSA) is 179 Å². The van der Waals surface area contributed by atoms with Gasteiger partial charge in [0, 0.05) is 8.41 Å². The Morgan fingerprint density at radius 2 is 0.750 bits per heavy atom. The van der Waals surface area contributed by atoms with Crippen molar-refractivity contribution in [2.24, 2.45) is 0 Å². The summed E-state index contributed by atoms with van der Waals surface area (Å²) in [5, 5.41) is 0. The average molecular weight is 238 g/mol. The molecule has 0 saturated heterocycles. The van der Waals surface area contributed by atoms with E-state index in [1.165, 1.54) is 0 Å². The van der Waals surface area contributed by atoms with E-state index in [0.717, 1.165) is 0 Å². The minimum absolute atomic E-state index is 0. The maximum absolute atomic E-state index is 8.60. The van der Waals surface area contributed by atoms with Gasteiger partial charge in [0.2, 0.25) is 0 Å². The largest absolute Gasteiger partial charge is 2.00 e. The molecule has 12 heteroatoms. The molecule has 0 aromatic rings.